The summed E-state index contributed by atoms with van der Waals surface area (Å²) in [7, 11) is 0. The average Bonchev–Trinajstić information content (AvgIpc) is 2.58. The largest absolute Gasteiger partial charge is 0.374 e. The van der Waals surface area contributed by atoms with Crippen molar-refractivity contribution < 1.29 is 4.74 Å². The maximum atomic E-state index is 6.09. The van der Waals surface area contributed by atoms with E-state index in [1.165, 1.54) is 38.5 Å². The van der Waals surface area contributed by atoms with E-state index < -0.39 is 0 Å². The molecule has 2 unspecified atom stereocenters. The van der Waals surface area contributed by atoms with E-state index in [4.69, 9.17) is 4.74 Å². The maximum absolute atomic E-state index is 6.09. The molecule has 0 aromatic heterocycles. The van der Waals surface area contributed by atoms with Crippen LogP contribution in [0.3, 0.4) is 0 Å². The van der Waals surface area contributed by atoms with E-state index in [-0.39, 0.29) is 5.60 Å². The lowest BCUT2D eigenvalue weighted by molar-refractivity contribution is -0.0308. The molecule has 1 heterocycles. The van der Waals surface area contributed by atoms with Crippen LogP contribution in [-0.2, 0) is 4.74 Å². The van der Waals surface area contributed by atoms with Crippen molar-refractivity contribution >= 4 is 0 Å². The lowest BCUT2D eigenvalue weighted by Gasteiger charge is -2.36. The highest BCUT2D eigenvalue weighted by Crippen LogP contribution is 2.48. The van der Waals surface area contributed by atoms with Crippen molar-refractivity contribution in [2.45, 2.75) is 58.0 Å². The summed E-state index contributed by atoms with van der Waals surface area (Å²) in [6, 6.07) is 0. The van der Waals surface area contributed by atoms with Crippen LogP contribution in [0, 0.1) is 11.8 Å². The first-order valence-corrected chi connectivity index (χ1v) is 5.96. The van der Waals surface area contributed by atoms with Crippen LogP contribution in [0.1, 0.15) is 52.4 Å². The number of fused-ring (bicyclic) bond motifs is 1. The van der Waals surface area contributed by atoms with Crippen LogP contribution in [-0.4, -0.2) is 12.2 Å². The van der Waals surface area contributed by atoms with Crippen LogP contribution < -0.4 is 0 Å². The molecule has 1 nitrogen and oxygen atoms in total. The van der Waals surface area contributed by atoms with Gasteiger partial charge in [0, 0.05) is 0 Å². The fourth-order valence-electron chi connectivity index (χ4n) is 3.46. The Balaban J connectivity index is 2.13. The minimum atomic E-state index is 0.269. The van der Waals surface area contributed by atoms with E-state index in [9.17, 15) is 0 Å². The van der Waals surface area contributed by atoms with Gasteiger partial charge in [0.2, 0.25) is 0 Å². The third-order valence-corrected chi connectivity index (χ3v) is 4.37. The van der Waals surface area contributed by atoms with Gasteiger partial charge in [-0.1, -0.05) is 26.7 Å². The summed E-state index contributed by atoms with van der Waals surface area (Å²) in [5.41, 5.74) is 0.269. The van der Waals surface area contributed by atoms with Crippen molar-refractivity contribution in [1.82, 2.24) is 0 Å². The Hall–Kier alpha value is -0.0400. The van der Waals surface area contributed by atoms with Crippen LogP contribution in [0.15, 0.2) is 0 Å². The van der Waals surface area contributed by atoms with E-state index in [2.05, 4.69) is 13.8 Å². The molecule has 0 radical (unpaired) electrons. The number of rotatable bonds is 2. The van der Waals surface area contributed by atoms with Crippen molar-refractivity contribution in [2.75, 3.05) is 6.61 Å². The smallest absolute Gasteiger partial charge is 0.0708 e. The second-order valence-electron chi connectivity index (χ2n) is 4.73. The zero-order valence-corrected chi connectivity index (χ0v) is 9.01. The quantitative estimate of drug-likeness (QED) is 0.636. The summed E-state index contributed by atoms with van der Waals surface area (Å²) >= 11 is 0. The fraction of sp³-hybridized carbons (Fsp3) is 1.00. The van der Waals surface area contributed by atoms with E-state index >= 15 is 0 Å². The second-order valence-corrected chi connectivity index (χ2v) is 4.73. The highest BCUT2D eigenvalue weighted by molar-refractivity contribution is 4.96. The molecule has 2 atom stereocenters. The van der Waals surface area contributed by atoms with Gasteiger partial charge in [0.05, 0.1) is 12.2 Å². The van der Waals surface area contributed by atoms with Crippen molar-refractivity contribution in [3.63, 3.8) is 0 Å². The number of hydrogen-bond acceptors (Lipinski definition) is 1. The molecular weight excluding hydrogens is 160 g/mol. The molecule has 2 rings (SSSR count). The SMILES string of the molecule is CCC1(CC)OCC2CCCCC21. The van der Waals surface area contributed by atoms with Crippen LogP contribution in [0.25, 0.3) is 0 Å². The first-order valence-electron chi connectivity index (χ1n) is 5.96. The Bertz CT molecular complexity index is 172. The van der Waals surface area contributed by atoms with E-state index in [0.717, 1.165) is 18.4 Å². The van der Waals surface area contributed by atoms with Gasteiger partial charge in [-0.05, 0) is 37.5 Å². The van der Waals surface area contributed by atoms with E-state index in [0.29, 0.717) is 0 Å². The summed E-state index contributed by atoms with van der Waals surface area (Å²) in [6.07, 6.45) is 8.15. The maximum Gasteiger partial charge on any atom is 0.0708 e. The normalized spacial score (nSPS) is 37.4. The van der Waals surface area contributed by atoms with Crippen molar-refractivity contribution in [3.05, 3.63) is 0 Å². The summed E-state index contributed by atoms with van der Waals surface area (Å²) in [6.45, 7) is 5.63. The second kappa shape index (κ2) is 3.61. The van der Waals surface area contributed by atoms with Gasteiger partial charge in [-0.2, -0.15) is 0 Å². The molecule has 1 saturated carbocycles. The van der Waals surface area contributed by atoms with E-state index in [1.807, 2.05) is 0 Å². The summed E-state index contributed by atoms with van der Waals surface area (Å²) in [5.74, 6) is 1.78. The zero-order valence-electron chi connectivity index (χ0n) is 9.01. The van der Waals surface area contributed by atoms with Crippen molar-refractivity contribution in [2.24, 2.45) is 11.8 Å². The standard InChI is InChI=1S/C12H22O/c1-3-12(4-2)11-8-6-5-7-10(11)9-13-12/h10-11H,3-9H2,1-2H3. The molecule has 0 aromatic rings. The van der Waals surface area contributed by atoms with Gasteiger partial charge in [-0.3, -0.25) is 0 Å². The summed E-state index contributed by atoms with van der Waals surface area (Å²) < 4.78 is 6.09. The molecule has 0 aromatic carbocycles. The highest BCUT2D eigenvalue weighted by atomic mass is 16.5. The minimum Gasteiger partial charge on any atom is -0.374 e. The summed E-state index contributed by atoms with van der Waals surface area (Å²) in [5, 5.41) is 0. The van der Waals surface area contributed by atoms with Gasteiger partial charge in [-0.25, -0.2) is 0 Å². The molecule has 2 aliphatic rings. The van der Waals surface area contributed by atoms with Crippen LogP contribution >= 0.6 is 0 Å². The monoisotopic (exact) mass is 182 g/mol. The van der Waals surface area contributed by atoms with Crippen LogP contribution in [0.4, 0.5) is 0 Å². The first kappa shape index (κ1) is 9.51. The lowest BCUT2D eigenvalue weighted by Crippen LogP contribution is -2.36. The van der Waals surface area contributed by atoms with Crippen molar-refractivity contribution in [1.29, 1.82) is 0 Å². The Kier molecular flexibility index (Phi) is 2.64. The number of ether oxygens (including phenoxy) is 1. The van der Waals surface area contributed by atoms with Gasteiger partial charge in [-0.15, -0.1) is 0 Å². The van der Waals surface area contributed by atoms with Crippen molar-refractivity contribution in [3.8, 4) is 0 Å². The predicted molar refractivity (Wildman–Crippen MR) is 54.7 cm³/mol. The third-order valence-electron chi connectivity index (χ3n) is 4.37. The van der Waals surface area contributed by atoms with Gasteiger partial charge < -0.3 is 4.74 Å². The Labute approximate surface area is 81.9 Å². The molecule has 0 bridgehead atoms. The molecule has 0 amide bonds. The van der Waals surface area contributed by atoms with E-state index in [1.54, 1.807) is 0 Å². The Morgan fingerprint density at radius 1 is 1.15 bits per heavy atom. The van der Waals surface area contributed by atoms with Gasteiger partial charge >= 0.3 is 0 Å². The van der Waals surface area contributed by atoms with Crippen LogP contribution in [0.2, 0.25) is 0 Å². The molecule has 0 N–H and O–H groups in total. The summed E-state index contributed by atoms with van der Waals surface area (Å²) in [4.78, 5) is 0. The molecule has 1 aliphatic heterocycles. The molecule has 2 fully saturated rings. The molecule has 1 saturated heterocycles. The lowest BCUT2D eigenvalue weighted by atomic mass is 9.70. The first-order chi connectivity index (χ1) is 6.32. The average molecular weight is 182 g/mol. The van der Waals surface area contributed by atoms with Gasteiger partial charge in [0.25, 0.3) is 0 Å². The molecule has 0 spiro atoms. The van der Waals surface area contributed by atoms with Gasteiger partial charge in [0.15, 0.2) is 0 Å². The van der Waals surface area contributed by atoms with Crippen LogP contribution in [0.5, 0.6) is 0 Å². The zero-order chi connectivity index (χ0) is 9.31. The third kappa shape index (κ3) is 1.41. The Morgan fingerprint density at radius 3 is 2.54 bits per heavy atom. The van der Waals surface area contributed by atoms with Gasteiger partial charge in [0.1, 0.15) is 0 Å². The molecule has 13 heavy (non-hydrogen) atoms. The predicted octanol–water partition coefficient (Wildman–Crippen LogP) is 3.38. The fourth-order valence-corrected chi connectivity index (χ4v) is 3.46. The molecular formula is C12H22O. The molecule has 1 aliphatic carbocycles. The minimum absolute atomic E-state index is 0.269. The number of hydrogen-bond donors (Lipinski definition) is 0. The molecule has 76 valence electrons. The topological polar surface area (TPSA) is 9.23 Å². The highest BCUT2D eigenvalue weighted by Gasteiger charge is 2.47. The Morgan fingerprint density at radius 2 is 1.85 bits per heavy atom. The molecule has 1 heteroatoms.